The lowest BCUT2D eigenvalue weighted by Gasteiger charge is -2.25. The molecule has 0 aliphatic heterocycles. The first-order valence-electron chi connectivity index (χ1n) is 16.8. The molecule has 2 heterocycles. The van der Waals surface area contributed by atoms with Gasteiger partial charge >= 0.3 is 0 Å². The van der Waals surface area contributed by atoms with E-state index in [0.717, 1.165) is 0 Å². The predicted octanol–water partition coefficient (Wildman–Crippen LogP) is 12.0. The molecule has 0 saturated carbocycles. The minimum absolute atomic E-state index is 0.221. The van der Waals surface area contributed by atoms with E-state index in [4.69, 9.17) is 0 Å². The van der Waals surface area contributed by atoms with E-state index in [1.165, 1.54) is 76.9 Å². The average Bonchev–Trinajstić information content (AvgIpc) is 3.67. The fraction of sp³-hybridized carbons (Fsp3) is 0.0435. The van der Waals surface area contributed by atoms with Crippen LogP contribution >= 0.6 is 0 Å². The molecule has 48 heavy (non-hydrogen) atoms. The molecule has 0 saturated heterocycles. The molecule has 9 aromatic rings. The van der Waals surface area contributed by atoms with E-state index in [2.05, 4.69) is 191 Å². The molecule has 0 radical (unpaired) electrons. The number of nitrogens with zero attached hydrogens (tertiary/aromatic N) is 2. The molecule has 2 heteroatoms. The normalized spacial score (nSPS) is 16.2. The molecule has 7 aromatic carbocycles. The first-order valence-corrected chi connectivity index (χ1v) is 16.8. The quantitative estimate of drug-likeness (QED) is 0.187. The number of hydrogen-bond donors (Lipinski definition) is 0. The van der Waals surface area contributed by atoms with Gasteiger partial charge in [0.05, 0.1) is 27.8 Å². The number of para-hydroxylation sites is 3. The molecule has 0 bridgehead atoms. The summed E-state index contributed by atoms with van der Waals surface area (Å²) in [5.74, 6) is 0.445. The van der Waals surface area contributed by atoms with Crippen molar-refractivity contribution in [3.8, 4) is 11.4 Å². The molecule has 2 atom stereocenters. The molecule has 226 valence electrons. The van der Waals surface area contributed by atoms with E-state index in [1.54, 1.807) is 0 Å². The maximum atomic E-state index is 2.45. The summed E-state index contributed by atoms with van der Waals surface area (Å²) in [5.41, 5.74) is 10.0. The van der Waals surface area contributed by atoms with Crippen LogP contribution in [0, 0.1) is 0 Å². The smallest absolute Gasteiger partial charge is 0.0541 e. The van der Waals surface area contributed by atoms with Gasteiger partial charge in [0, 0.05) is 44.5 Å². The van der Waals surface area contributed by atoms with Crippen molar-refractivity contribution in [1.29, 1.82) is 0 Å². The minimum atomic E-state index is 0.221. The van der Waals surface area contributed by atoms with Crippen LogP contribution in [0.4, 0.5) is 0 Å². The number of fused-ring (bicyclic) bond motifs is 7. The summed E-state index contributed by atoms with van der Waals surface area (Å²) in [6.07, 6.45) is 9.19. The summed E-state index contributed by atoms with van der Waals surface area (Å²) >= 11 is 0. The molecule has 2 aromatic heterocycles. The molecule has 2 unspecified atom stereocenters. The van der Waals surface area contributed by atoms with Crippen LogP contribution in [0.5, 0.6) is 0 Å². The number of benzene rings is 7. The Morgan fingerprint density at radius 3 is 1.52 bits per heavy atom. The molecule has 10 rings (SSSR count). The van der Waals surface area contributed by atoms with E-state index in [-0.39, 0.29) is 11.8 Å². The summed E-state index contributed by atoms with van der Waals surface area (Å²) in [5, 5.41) is 7.66. The second-order valence-electron chi connectivity index (χ2n) is 12.9. The Labute approximate surface area is 279 Å². The zero-order valence-corrected chi connectivity index (χ0v) is 26.4. The number of rotatable bonds is 4. The summed E-state index contributed by atoms with van der Waals surface area (Å²) in [7, 11) is 0. The van der Waals surface area contributed by atoms with E-state index in [9.17, 15) is 0 Å². The molecular formula is C46H32N2. The van der Waals surface area contributed by atoms with Gasteiger partial charge in [-0.1, -0.05) is 127 Å². The van der Waals surface area contributed by atoms with Gasteiger partial charge in [-0.2, -0.15) is 0 Å². The molecule has 0 fully saturated rings. The predicted molar refractivity (Wildman–Crippen MR) is 203 cm³/mol. The zero-order valence-electron chi connectivity index (χ0n) is 26.4. The van der Waals surface area contributed by atoms with Crippen LogP contribution in [0.3, 0.4) is 0 Å². The first kappa shape index (κ1) is 27.0. The van der Waals surface area contributed by atoms with Crippen molar-refractivity contribution in [2.75, 3.05) is 0 Å². The lowest BCUT2D eigenvalue weighted by atomic mass is 9.78. The number of aromatic nitrogens is 2. The summed E-state index contributed by atoms with van der Waals surface area (Å²) < 4.78 is 4.84. The second-order valence-corrected chi connectivity index (χ2v) is 12.9. The van der Waals surface area contributed by atoms with Crippen LogP contribution in [-0.2, 0) is 0 Å². The van der Waals surface area contributed by atoms with Gasteiger partial charge in [-0.25, -0.2) is 0 Å². The maximum Gasteiger partial charge on any atom is 0.0541 e. The standard InChI is InChI=1S/C46H32N2/c1-2-15-34(16-3-1)47-43-22-10-8-20-38(43)40-29-32(25-27-45(40)47)35-17-6-7-18-36(35)33-26-28-46-41(30-33)39-21-9-11-23-44(39)48(46)42-24-12-14-31-13-4-5-19-37(31)42/h1-30,35-36H. The molecule has 1 aliphatic rings. The highest BCUT2D eigenvalue weighted by Crippen LogP contribution is 2.43. The minimum Gasteiger partial charge on any atom is -0.309 e. The lowest BCUT2D eigenvalue weighted by molar-refractivity contribution is 0.732. The van der Waals surface area contributed by atoms with Crippen LogP contribution in [-0.4, -0.2) is 9.13 Å². The van der Waals surface area contributed by atoms with Crippen LogP contribution in [0.25, 0.3) is 65.8 Å². The van der Waals surface area contributed by atoms with Gasteiger partial charge < -0.3 is 9.13 Å². The maximum absolute atomic E-state index is 2.45. The number of hydrogen-bond acceptors (Lipinski definition) is 0. The third-order valence-electron chi connectivity index (χ3n) is 10.3. The molecule has 0 spiro atoms. The van der Waals surface area contributed by atoms with Crippen LogP contribution in [0.15, 0.2) is 182 Å². The second kappa shape index (κ2) is 10.7. The Balaban J connectivity index is 1.12. The van der Waals surface area contributed by atoms with Crippen molar-refractivity contribution in [2.24, 2.45) is 0 Å². The van der Waals surface area contributed by atoms with Gasteiger partial charge in [0.15, 0.2) is 0 Å². The highest BCUT2D eigenvalue weighted by Gasteiger charge is 2.25. The number of allylic oxidation sites excluding steroid dienone is 4. The molecular weight excluding hydrogens is 581 g/mol. The van der Waals surface area contributed by atoms with Gasteiger partial charge in [-0.05, 0) is 71.1 Å². The van der Waals surface area contributed by atoms with E-state index >= 15 is 0 Å². The summed E-state index contributed by atoms with van der Waals surface area (Å²) in [6, 6.07) is 57.9. The van der Waals surface area contributed by atoms with Gasteiger partial charge in [-0.15, -0.1) is 0 Å². The highest BCUT2D eigenvalue weighted by molar-refractivity contribution is 6.11. The lowest BCUT2D eigenvalue weighted by Crippen LogP contribution is -2.09. The zero-order chi connectivity index (χ0) is 31.6. The van der Waals surface area contributed by atoms with Gasteiger partial charge in [0.1, 0.15) is 0 Å². The topological polar surface area (TPSA) is 9.86 Å². The summed E-state index contributed by atoms with van der Waals surface area (Å²) in [6.45, 7) is 0. The largest absolute Gasteiger partial charge is 0.309 e. The highest BCUT2D eigenvalue weighted by atomic mass is 15.0. The SMILES string of the molecule is C1=CC(c2ccc3c(c2)c2ccccc2n3-c2ccccc2)C(c2ccc3c(c2)c2ccccc2n3-c2cccc3ccccc23)C=C1. The van der Waals surface area contributed by atoms with Crippen molar-refractivity contribution in [1.82, 2.24) is 9.13 Å². The van der Waals surface area contributed by atoms with E-state index in [0.29, 0.717) is 0 Å². The molecule has 0 N–H and O–H groups in total. The third kappa shape index (κ3) is 4.06. The Morgan fingerprint density at radius 1 is 0.354 bits per heavy atom. The van der Waals surface area contributed by atoms with Crippen molar-refractivity contribution in [2.45, 2.75) is 11.8 Å². The van der Waals surface area contributed by atoms with E-state index in [1.807, 2.05) is 0 Å². The molecule has 1 aliphatic carbocycles. The van der Waals surface area contributed by atoms with Crippen LogP contribution < -0.4 is 0 Å². The molecule has 0 amide bonds. The van der Waals surface area contributed by atoms with Gasteiger partial charge in [0.25, 0.3) is 0 Å². The van der Waals surface area contributed by atoms with Crippen molar-refractivity contribution < 1.29 is 0 Å². The fourth-order valence-electron chi connectivity index (χ4n) is 8.16. The third-order valence-corrected chi connectivity index (χ3v) is 10.3. The molecule has 2 nitrogen and oxygen atoms in total. The van der Waals surface area contributed by atoms with Gasteiger partial charge in [-0.3, -0.25) is 0 Å². The van der Waals surface area contributed by atoms with E-state index < -0.39 is 0 Å². The van der Waals surface area contributed by atoms with Crippen molar-refractivity contribution >= 4 is 54.4 Å². The van der Waals surface area contributed by atoms with Crippen LogP contribution in [0.1, 0.15) is 23.0 Å². The average molecular weight is 613 g/mol. The first-order chi connectivity index (χ1) is 23.8. The fourth-order valence-corrected chi connectivity index (χ4v) is 8.16. The Bertz CT molecular complexity index is 2730. The van der Waals surface area contributed by atoms with Crippen LogP contribution in [0.2, 0.25) is 0 Å². The van der Waals surface area contributed by atoms with Crippen molar-refractivity contribution in [3.63, 3.8) is 0 Å². The Kier molecular flexibility index (Phi) is 6.04. The Morgan fingerprint density at radius 2 is 0.854 bits per heavy atom. The summed E-state index contributed by atoms with van der Waals surface area (Å²) in [4.78, 5) is 0. The van der Waals surface area contributed by atoms with Gasteiger partial charge in [0.2, 0.25) is 0 Å². The van der Waals surface area contributed by atoms with Crippen molar-refractivity contribution in [3.05, 3.63) is 193 Å². The Hall–Kier alpha value is -6.12. The monoisotopic (exact) mass is 612 g/mol.